The molecule has 0 aromatic carbocycles. The Balaban J connectivity index is 2.66. The van der Waals surface area contributed by atoms with E-state index in [2.05, 4.69) is 20.9 Å². The highest BCUT2D eigenvalue weighted by Crippen LogP contribution is 2.18. The summed E-state index contributed by atoms with van der Waals surface area (Å²) in [7, 11) is 0. The van der Waals surface area contributed by atoms with Gasteiger partial charge in [-0.05, 0) is 0 Å². The van der Waals surface area contributed by atoms with Gasteiger partial charge >= 0.3 is 6.36 Å². The van der Waals surface area contributed by atoms with Crippen LogP contribution < -0.4 is 4.74 Å². The molecule has 0 aliphatic carbocycles. The zero-order valence-corrected chi connectivity index (χ0v) is 5.09. The van der Waals surface area contributed by atoms with E-state index in [-0.39, 0.29) is 0 Å². The molecule has 0 saturated carbocycles. The highest BCUT2D eigenvalue weighted by atomic mass is 19.4. The summed E-state index contributed by atoms with van der Waals surface area (Å²) in [6, 6.07) is 0. The van der Waals surface area contributed by atoms with E-state index in [4.69, 9.17) is 0 Å². The van der Waals surface area contributed by atoms with Gasteiger partial charge in [0.2, 0.25) is 5.88 Å². The van der Waals surface area contributed by atoms with Gasteiger partial charge in [-0.15, -0.1) is 13.2 Å². The Labute approximate surface area is 59.8 Å². The predicted octanol–water partition coefficient (Wildman–Crippen LogP) is 1.18. The molecule has 0 spiro atoms. The van der Waals surface area contributed by atoms with Gasteiger partial charge in [-0.3, -0.25) is 0 Å². The maximum atomic E-state index is 11.4. The van der Waals surface area contributed by atoms with Gasteiger partial charge in [-0.1, -0.05) is 0 Å². The minimum atomic E-state index is -4.71. The maximum Gasteiger partial charge on any atom is 0.574 e. The monoisotopic (exact) mass is 163 g/mol. The van der Waals surface area contributed by atoms with Crippen LogP contribution in [0.2, 0.25) is 0 Å². The van der Waals surface area contributed by atoms with Crippen molar-refractivity contribution in [1.82, 2.24) is 9.97 Å². The molecule has 1 heterocycles. The van der Waals surface area contributed by atoms with Crippen molar-refractivity contribution in [3.05, 3.63) is 18.6 Å². The topological polar surface area (TPSA) is 35.0 Å². The molecule has 0 atom stereocenters. The Morgan fingerprint density at radius 2 is 2.18 bits per heavy atom. The van der Waals surface area contributed by atoms with Crippen LogP contribution in [0.1, 0.15) is 0 Å². The van der Waals surface area contributed by atoms with E-state index in [9.17, 15) is 13.2 Å². The maximum absolute atomic E-state index is 11.4. The Kier molecular flexibility index (Phi) is 1.93. The van der Waals surface area contributed by atoms with Crippen molar-refractivity contribution in [3.8, 4) is 5.88 Å². The first kappa shape index (κ1) is 7.77. The molecule has 0 unspecified atom stereocenters. The number of ether oxygens (including phenoxy) is 1. The molecule has 0 saturated heterocycles. The van der Waals surface area contributed by atoms with Gasteiger partial charge in [-0.25, -0.2) is 9.97 Å². The zero-order valence-electron chi connectivity index (χ0n) is 5.09. The molecule has 0 bridgehead atoms. The summed E-state index contributed by atoms with van der Waals surface area (Å²) in [6.45, 7) is 0. The summed E-state index contributed by atoms with van der Waals surface area (Å²) >= 11 is 0. The predicted molar refractivity (Wildman–Crippen MR) is 27.6 cm³/mol. The summed E-state index contributed by atoms with van der Waals surface area (Å²) in [6.07, 6.45) is -0.688. The molecule has 0 aliphatic rings. The lowest BCUT2D eigenvalue weighted by molar-refractivity contribution is -0.276. The summed E-state index contributed by atoms with van der Waals surface area (Å²) in [5.74, 6) is -0.587. The molecular formula is C5H2F3N2O. The number of hydrogen-bond acceptors (Lipinski definition) is 3. The molecule has 1 aromatic rings. The lowest BCUT2D eigenvalue weighted by atomic mass is 10.7. The standard InChI is InChI=1S/C5H2F3N2O/c6-5(7,8)11-4-3-9-1-2-10-4/h2-3H. The number of alkyl halides is 3. The van der Waals surface area contributed by atoms with Crippen LogP contribution in [0.25, 0.3) is 0 Å². The van der Waals surface area contributed by atoms with Crippen molar-refractivity contribution in [2.24, 2.45) is 0 Å². The van der Waals surface area contributed by atoms with Crippen LogP contribution >= 0.6 is 0 Å². The molecule has 6 heteroatoms. The number of aromatic nitrogens is 2. The van der Waals surface area contributed by atoms with E-state index >= 15 is 0 Å². The van der Waals surface area contributed by atoms with Gasteiger partial charge in [0.1, 0.15) is 6.20 Å². The summed E-state index contributed by atoms with van der Waals surface area (Å²) < 4.78 is 37.7. The number of rotatable bonds is 1. The fraction of sp³-hybridized carbons (Fsp3) is 0.200. The Bertz CT molecular complexity index is 223. The van der Waals surface area contributed by atoms with E-state index in [1.807, 2.05) is 0 Å². The first-order chi connectivity index (χ1) is 5.08. The van der Waals surface area contributed by atoms with E-state index < -0.39 is 12.2 Å². The van der Waals surface area contributed by atoms with Crippen LogP contribution in [0.5, 0.6) is 5.88 Å². The molecule has 0 fully saturated rings. The number of nitrogens with zero attached hydrogens (tertiary/aromatic N) is 2. The van der Waals surface area contributed by atoms with Crippen LogP contribution in [0.4, 0.5) is 13.2 Å². The van der Waals surface area contributed by atoms with Crippen molar-refractivity contribution in [3.63, 3.8) is 0 Å². The summed E-state index contributed by atoms with van der Waals surface area (Å²) in [5.41, 5.74) is 0. The van der Waals surface area contributed by atoms with E-state index in [0.717, 1.165) is 12.4 Å². The molecule has 59 valence electrons. The normalized spacial score (nSPS) is 11.2. The quantitative estimate of drug-likeness (QED) is 0.623. The van der Waals surface area contributed by atoms with Crippen LogP contribution in [-0.2, 0) is 0 Å². The fourth-order valence-corrected chi connectivity index (χ4v) is 0.423. The minimum Gasteiger partial charge on any atom is -0.386 e. The average Bonchev–Trinajstić information content (AvgIpc) is 1.85. The summed E-state index contributed by atoms with van der Waals surface area (Å²) in [5, 5.41) is 0. The second-order valence-corrected chi connectivity index (χ2v) is 1.53. The Morgan fingerprint density at radius 3 is 2.64 bits per heavy atom. The second kappa shape index (κ2) is 2.73. The lowest BCUT2D eigenvalue weighted by Crippen LogP contribution is -2.17. The van der Waals surface area contributed by atoms with Crippen molar-refractivity contribution >= 4 is 0 Å². The smallest absolute Gasteiger partial charge is 0.386 e. The van der Waals surface area contributed by atoms with Gasteiger partial charge in [-0.2, -0.15) is 0 Å². The Hall–Kier alpha value is -1.33. The SMILES string of the molecule is FC(F)(F)Oc1cn[c]cn1. The molecule has 0 amide bonds. The fourth-order valence-electron chi connectivity index (χ4n) is 0.423. The van der Waals surface area contributed by atoms with Crippen LogP contribution in [-0.4, -0.2) is 16.3 Å². The van der Waals surface area contributed by atoms with E-state index in [1.165, 1.54) is 0 Å². The minimum absolute atomic E-state index is 0.587. The molecule has 0 aliphatic heterocycles. The second-order valence-electron chi connectivity index (χ2n) is 1.53. The first-order valence-electron chi connectivity index (χ1n) is 2.52. The van der Waals surface area contributed by atoms with Crippen LogP contribution in [0.15, 0.2) is 12.4 Å². The Morgan fingerprint density at radius 1 is 1.45 bits per heavy atom. The van der Waals surface area contributed by atoms with Gasteiger partial charge in [0.15, 0.2) is 0 Å². The van der Waals surface area contributed by atoms with E-state index in [1.54, 1.807) is 0 Å². The third-order valence-corrected chi connectivity index (χ3v) is 0.719. The highest BCUT2D eigenvalue weighted by molar-refractivity contribution is 5.00. The first-order valence-corrected chi connectivity index (χ1v) is 2.52. The van der Waals surface area contributed by atoms with Gasteiger partial charge in [0.25, 0.3) is 0 Å². The van der Waals surface area contributed by atoms with Crippen molar-refractivity contribution in [2.75, 3.05) is 0 Å². The van der Waals surface area contributed by atoms with Crippen LogP contribution in [0, 0.1) is 6.20 Å². The molecule has 1 radical (unpaired) electrons. The average molecular weight is 163 g/mol. The molecule has 0 N–H and O–H groups in total. The highest BCUT2D eigenvalue weighted by Gasteiger charge is 2.31. The zero-order chi connectivity index (χ0) is 8.32. The van der Waals surface area contributed by atoms with Gasteiger partial charge in [0, 0.05) is 0 Å². The molecule has 1 rings (SSSR count). The number of halogens is 3. The third-order valence-electron chi connectivity index (χ3n) is 0.719. The van der Waals surface area contributed by atoms with E-state index in [0.29, 0.717) is 0 Å². The molecule has 1 aromatic heterocycles. The van der Waals surface area contributed by atoms with Crippen molar-refractivity contribution in [1.29, 1.82) is 0 Å². The van der Waals surface area contributed by atoms with Gasteiger partial charge in [0.05, 0.1) is 12.4 Å². The molecular weight excluding hydrogens is 161 g/mol. The number of hydrogen-bond donors (Lipinski definition) is 0. The molecule has 3 nitrogen and oxygen atoms in total. The van der Waals surface area contributed by atoms with Crippen LogP contribution in [0.3, 0.4) is 0 Å². The van der Waals surface area contributed by atoms with Crippen molar-refractivity contribution in [2.45, 2.75) is 6.36 Å². The lowest BCUT2D eigenvalue weighted by Gasteiger charge is -2.05. The molecule has 11 heavy (non-hydrogen) atoms. The van der Waals surface area contributed by atoms with Gasteiger partial charge < -0.3 is 4.74 Å². The largest absolute Gasteiger partial charge is 0.574 e. The third kappa shape index (κ3) is 2.83. The summed E-state index contributed by atoms with van der Waals surface area (Å²) in [4.78, 5) is 6.46. The van der Waals surface area contributed by atoms with Crippen molar-refractivity contribution < 1.29 is 17.9 Å².